The molecule has 1 heterocycles. The fourth-order valence-corrected chi connectivity index (χ4v) is 2.44. The van der Waals surface area contributed by atoms with E-state index in [1.807, 2.05) is 18.7 Å². The lowest BCUT2D eigenvalue weighted by atomic mass is 10.0. The van der Waals surface area contributed by atoms with Gasteiger partial charge >= 0.3 is 0 Å². The van der Waals surface area contributed by atoms with Gasteiger partial charge in [-0.2, -0.15) is 0 Å². The zero-order valence-corrected chi connectivity index (χ0v) is 11.9. The number of nitrogens with one attached hydrogen (secondary N) is 1. The van der Waals surface area contributed by atoms with Crippen molar-refractivity contribution in [2.45, 2.75) is 58.9 Å². The molecule has 0 bridgehead atoms. The summed E-state index contributed by atoms with van der Waals surface area (Å²) in [4.78, 5) is 25.9. The number of nitrogens with zero attached hydrogens (tertiary/aromatic N) is 1. The van der Waals surface area contributed by atoms with Crippen LogP contribution in [0.4, 0.5) is 0 Å². The van der Waals surface area contributed by atoms with Gasteiger partial charge in [-0.05, 0) is 39.0 Å². The van der Waals surface area contributed by atoms with Gasteiger partial charge in [0.2, 0.25) is 11.8 Å². The third-order valence-corrected chi connectivity index (χ3v) is 3.75. The second-order valence-electron chi connectivity index (χ2n) is 5.13. The predicted molar refractivity (Wildman–Crippen MR) is 72.1 cm³/mol. The van der Waals surface area contributed by atoms with Gasteiger partial charge in [-0.25, -0.2) is 0 Å². The van der Waals surface area contributed by atoms with Crippen LogP contribution < -0.4 is 5.32 Å². The zero-order valence-electron chi connectivity index (χ0n) is 11.9. The van der Waals surface area contributed by atoms with E-state index in [0.717, 1.165) is 38.8 Å². The monoisotopic (exact) mass is 254 g/mol. The lowest BCUT2D eigenvalue weighted by Gasteiger charge is -2.30. The molecule has 104 valence electrons. The molecule has 1 fully saturated rings. The van der Waals surface area contributed by atoms with E-state index in [1.165, 1.54) is 6.42 Å². The van der Waals surface area contributed by atoms with Crippen molar-refractivity contribution < 1.29 is 9.59 Å². The maximum Gasteiger partial charge on any atom is 0.244 e. The lowest BCUT2D eigenvalue weighted by Crippen LogP contribution is -2.49. The van der Waals surface area contributed by atoms with E-state index in [9.17, 15) is 9.59 Å². The van der Waals surface area contributed by atoms with Crippen LogP contribution in [0.25, 0.3) is 0 Å². The summed E-state index contributed by atoms with van der Waals surface area (Å²) in [6.07, 6.45) is 5.02. The number of amides is 2. The van der Waals surface area contributed by atoms with Gasteiger partial charge < -0.3 is 10.2 Å². The molecule has 1 saturated heterocycles. The molecular weight excluding hydrogens is 228 g/mol. The first-order valence-corrected chi connectivity index (χ1v) is 7.19. The summed E-state index contributed by atoms with van der Waals surface area (Å²) in [5, 5.41) is 2.85. The Kier molecular flexibility index (Phi) is 6.16. The van der Waals surface area contributed by atoms with Crippen molar-refractivity contribution in [2.24, 2.45) is 5.92 Å². The van der Waals surface area contributed by atoms with Crippen LogP contribution in [-0.4, -0.2) is 35.8 Å². The number of likely N-dealkylation sites (tertiary alicyclic amines) is 1. The lowest BCUT2D eigenvalue weighted by molar-refractivity contribution is -0.137. The molecule has 0 spiro atoms. The molecule has 1 aliphatic heterocycles. The van der Waals surface area contributed by atoms with Crippen molar-refractivity contribution in [3.05, 3.63) is 0 Å². The molecular formula is C14H26N2O2. The second kappa shape index (κ2) is 7.39. The highest BCUT2D eigenvalue weighted by Gasteiger charge is 2.25. The first-order valence-electron chi connectivity index (χ1n) is 7.19. The van der Waals surface area contributed by atoms with E-state index >= 15 is 0 Å². The van der Waals surface area contributed by atoms with Crippen molar-refractivity contribution in [1.29, 1.82) is 0 Å². The normalized spacial score (nSPS) is 17.7. The number of carbonyl (C=O) groups excluding carboxylic acids is 2. The molecule has 0 aromatic carbocycles. The van der Waals surface area contributed by atoms with E-state index in [-0.39, 0.29) is 17.7 Å². The minimum Gasteiger partial charge on any atom is -0.344 e. The summed E-state index contributed by atoms with van der Waals surface area (Å²) in [5.41, 5.74) is 0. The van der Waals surface area contributed by atoms with Crippen LogP contribution in [0.2, 0.25) is 0 Å². The highest BCUT2D eigenvalue weighted by molar-refractivity contribution is 5.88. The Labute approximate surface area is 110 Å². The Balaban J connectivity index is 2.45. The smallest absolute Gasteiger partial charge is 0.244 e. The van der Waals surface area contributed by atoms with E-state index in [0.29, 0.717) is 0 Å². The van der Waals surface area contributed by atoms with Gasteiger partial charge in [0, 0.05) is 19.0 Å². The van der Waals surface area contributed by atoms with Gasteiger partial charge in [0.15, 0.2) is 0 Å². The molecule has 0 aromatic rings. The highest BCUT2D eigenvalue weighted by Crippen LogP contribution is 2.11. The van der Waals surface area contributed by atoms with Gasteiger partial charge in [-0.15, -0.1) is 0 Å². The summed E-state index contributed by atoms with van der Waals surface area (Å²) in [6.45, 7) is 7.47. The Hall–Kier alpha value is -1.06. The largest absolute Gasteiger partial charge is 0.344 e. The average Bonchev–Trinajstić information content (AvgIpc) is 2.40. The minimum atomic E-state index is -0.392. The standard InChI is InChI=1S/C14H26N2O2/c1-4-12(5-2)13(17)15-11(3)14(18)16-9-7-6-8-10-16/h11-12H,4-10H2,1-3H3,(H,15,17). The Bertz CT molecular complexity index is 282. The maximum atomic E-state index is 12.1. The molecule has 2 amide bonds. The van der Waals surface area contributed by atoms with Crippen molar-refractivity contribution in [3.8, 4) is 0 Å². The number of carbonyl (C=O) groups is 2. The molecule has 4 nitrogen and oxygen atoms in total. The Morgan fingerprint density at radius 1 is 1.11 bits per heavy atom. The average molecular weight is 254 g/mol. The molecule has 1 aliphatic rings. The topological polar surface area (TPSA) is 49.4 Å². The molecule has 0 aliphatic carbocycles. The van der Waals surface area contributed by atoms with Crippen molar-refractivity contribution in [1.82, 2.24) is 10.2 Å². The Morgan fingerprint density at radius 2 is 1.67 bits per heavy atom. The first kappa shape index (κ1) is 15.0. The van der Waals surface area contributed by atoms with E-state index < -0.39 is 6.04 Å². The third-order valence-electron chi connectivity index (χ3n) is 3.75. The van der Waals surface area contributed by atoms with Gasteiger partial charge in [0.25, 0.3) is 0 Å². The van der Waals surface area contributed by atoms with Crippen LogP contribution in [0.3, 0.4) is 0 Å². The maximum absolute atomic E-state index is 12.1. The van der Waals surface area contributed by atoms with Crippen molar-refractivity contribution in [2.75, 3.05) is 13.1 Å². The first-order chi connectivity index (χ1) is 8.60. The molecule has 0 aromatic heterocycles. The van der Waals surface area contributed by atoms with Crippen LogP contribution in [-0.2, 0) is 9.59 Å². The SMILES string of the molecule is CCC(CC)C(=O)NC(C)C(=O)N1CCCCC1. The van der Waals surface area contributed by atoms with Crippen LogP contribution in [0.15, 0.2) is 0 Å². The second-order valence-corrected chi connectivity index (χ2v) is 5.13. The molecule has 1 atom stereocenters. The summed E-state index contributed by atoms with van der Waals surface area (Å²) in [5.74, 6) is 0.105. The number of rotatable bonds is 5. The van der Waals surface area contributed by atoms with Gasteiger partial charge in [-0.1, -0.05) is 13.8 Å². The quantitative estimate of drug-likeness (QED) is 0.815. The van der Waals surface area contributed by atoms with Crippen molar-refractivity contribution in [3.63, 3.8) is 0 Å². The summed E-state index contributed by atoms with van der Waals surface area (Å²) in [7, 11) is 0. The number of piperidine rings is 1. The zero-order chi connectivity index (χ0) is 13.5. The Morgan fingerprint density at radius 3 is 2.17 bits per heavy atom. The van der Waals surface area contributed by atoms with E-state index in [4.69, 9.17) is 0 Å². The molecule has 1 rings (SSSR count). The summed E-state index contributed by atoms with van der Waals surface area (Å²) >= 11 is 0. The molecule has 1 unspecified atom stereocenters. The van der Waals surface area contributed by atoms with E-state index in [2.05, 4.69) is 5.32 Å². The van der Waals surface area contributed by atoms with Gasteiger partial charge in [-0.3, -0.25) is 9.59 Å². The fraction of sp³-hybridized carbons (Fsp3) is 0.857. The van der Waals surface area contributed by atoms with Gasteiger partial charge in [0.05, 0.1) is 0 Å². The van der Waals surface area contributed by atoms with Gasteiger partial charge in [0.1, 0.15) is 6.04 Å². The molecule has 4 heteroatoms. The third kappa shape index (κ3) is 4.00. The molecule has 0 radical (unpaired) electrons. The van der Waals surface area contributed by atoms with E-state index in [1.54, 1.807) is 6.92 Å². The summed E-state index contributed by atoms with van der Waals surface area (Å²) < 4.78 is 0. The molecule has 0 saturated carbocycles. The summed E-state index contributed by atoms with van der Waals surface area (Å²) in [6, 6.07) is -0.392. The number of hydrogen-bond donors (Lipinski definition) is 1. The number of hydrogen-bond acceptors (Lipinski definition) is 2. The highest BCUT2D eigenvalue weighted by atomic mass is 16.2. The van der Waals surface area contributed by atoms with Crippen LogP contribution in [0, 0.1) is 5.92 Å². The van der Waals surface area contributed by atoms with Crippen molar-refractivity contribution >= 4 is 11.8 Å². The predicted octanol–water partition coefficient (Wildman–Crippen LogP) is 1.94. The van der Waals surface area contributed by atoms with Crippen LogP contribution >= 0.6 is 0 Å². The van der Waals surface area contributed by atoms with Crippen LogP contribution in [0.5, 0.6) is 0 Å². The minimum absolute atomic E-state index is 0.0119. The molecule has 18 heavy (non-hydrogen) atoms. The van der Waals surface area contributed by atoms with Crippen LogP contribution in [0.1, 0.15) is 52.9 Å². The molecule has 1 N–H and O–H groups in total. The fourth-order valence-electron chi connectivity index (χ4n) is 2.44.